The van der Waals surface area contributed by atoms with Gasteiger partial charge in [0.2, 0.25) is 0 Å². The monoisotopic (exact) mass is 319 g/mol. The van der Waals surface area contributed by atoms with Crippen molar-refractivity contribution in [1.29, 1.82) is 0 Å². The van der Waals surface area contributed by atoms with Crippen LogP contribution in [0.25, 0.3) is 0 Å². The van der Waals surface area contributed by atoms with E-state index in [0.717, 1.165) is 11.3 Å². The first-order chi connectivity index (χ1) is 8.58. The summed E-state index contributed by atoms with van der Waals surface area (Å²) in [5.74, 6) is -0.260. The standard InChI is InChI=1S/C13H19BrFNO2/c1-4-17-13(18-5-2)8-16-12-7-10(14)11(15)6-9(12)3/h6-7,13,16H,4-5,8H2,1-3H3. The van der Waals surface area contributed by atoms with Gasteiger partial charge < -0.3 is 14.8 Å². The third-order valence-corrected chi connectivity index (χ3v) is 3.04. The lowest BCUT2D eigenvalue weighted by molar-refractivity contribution is -0.126. The average molecular weight is 320 g/mol. The van der Waals surface area contributed by atoms with Crippen molar-refractivity contribution in [3.63, 3.8) is 0 Å². The summed E-state index contributed by atoms with van der Waals surface area (Å²) < 4.78 is 24.6. The third-order valence-electron chi connectivity index (χ3n) is 2.43. The molecule has 1 aromatic rings. The van der Waals surface area contributed by atoms with Gasteiger partial charge in [-0.1, -0.05) is 0 Å². The van der Waals surface area contributed by atoms with E-state index in [0.29, 0.717) is 24.2 Å². The molecule has 0 atom stereocenters. The summed E-state index contributed by atoms with van der Waals surface area (Å²) >= 11 is 3.17. The number of benzene rings is 1. The van der Waals surface area contributed by atoms with Crippen LogP contribution >= 0.6 is 15.9 Å². The summed E-state index contributed by atoms with van der Waals surface area (Å²) in [5.41, 5.74) is 1.72. The van der Waals surface area contributed by atoms with Gasteiger partial charge >= 0.3 is 0 Å². The second kappa shape index (κ2) is 7.71. The van der Waals surface area contributed by atoms with Gasteiger partial charge in [0.05, 0.1) is 11.0 Å². The van der Waals surface area contributed by atoms with Crippen molar-refractivity contribution in [1.82, 2.24) is 0 Å². The molecule has 0 aromatic heterocycles. The van der Waals surface area contributed by atoms with Crippen LogP contribution in [0.5, 0.6) is 0 Å². The van der Waals surface area contributed by atoms with Gasteiger partial charge in [-0.2, -0.15) is 0 Å². The molecule has 0 aliphatic rings. The quantitative estimate of drug-likeness (QED) is 0.777. The molecule has 0 fully saturated rings. The number of aryl methyl sites for hydroxylation is 1. The summed E-state index contributed by atoms with van der Waals surface area (Å²) in [7, 11) is 0. The van der Waals surface area contributed by atoms with E-state index >= 15 is 0 Å². The van der Waals surface area contributed by atoms with Gasteiger partial charge in [-0.25, -0.2) is 4.39 Å². The van der Waals surface area contributed by atoms with Gasteiger partial charge in [-0.3, -0.25) is 0 Å². The van der Waals surface area contributed by atoms with Gasteiger partial charge in [0.25, 0.3) is 0 Å². The predicted molar refractivity (Wildman–Crippen MR) is 74.4 cm³/mol. The Hall–Kier alpha value is -0.650. The number of rotatable bonds is 7. The van der Waals surface area contributed by atoms with Crippen LogP contribution in [0, 0.1) is 12.7 Å². The molecule has 0 saturated carbocycles. The summed E-state index contributed by atoms with van der Waals surface area (Å²) in [5, 5.41) is 3.20. The summed E-state index contributed by atoms with van der Waals surface area (Å²) in [6.45, 7) is 7.42. The van der Waals surface area contributed by atoms with Gasteiger partial charge in [-0.05, 0) is 54.4 Å². The first-order valence-corrected chi connectivity index (χ1v) is 6.80. The smallest absolute Gasteiger partial charge is 0.174 e. The molecule has 5 heteroatoms. The van der Waals surface area contributed by atoms with Crippen LogP contribution in [0.15, 0.2) is 16.6 Å². The fourth-order valence-corrected chi connectivity index (χ4v) is 1.91. The van der Waals surface area contributed by atoms with Crippen molar-refractivity contribution in [2.75, 3.05) is 25.1 Å². The molecule has 0 aliphatic carbocycles. The Bertz CT molecular complexity index is 381. The first kappa shape index (κ1) is 15.4. The molecule has 0 heterocycles. The lowest BCUT2D eigenvalue weighted by Gasteiger charge is -2.19. The molecule has 1 rings (SSSR count). The molecular formula is C13H19BrFNO2. The molecule has 0 unspecified atom stereocenters. The SMILES string of the molecule is CCOC(CNc1cc(Br)c(F)cc1C)OCC. The van der Waals surface area contributed by atoms with Crippen LogP contribution in [0.1, 0.15) is 19.4 Å². The molecule has 0 aliphatic heterocycles. The highest BCUT2D eigenvalue weighted by Gasteiger charge is 2.10. The van der Waals surface area contributed by atoms with Gasteiger partial charge in [-0.15, -0.1) is 0 Å². The second-order valence-corrected chi connectivity index (χ2v) is 4.66. The lowest BCUT2D eigenvalue weighted by Crippen LogP contribution is -2.26. The summed E-state index contributed by atoms with van der Waals surface area (Å²) in [4.78, 5) is 0. The zero-order chi connectivity index (χ0) is 13.5. The Kier molecular flexibility index (Phi) is 6.60. The van der Waals surface area contributed by atoms with E-state index in [4.69, 9.17) is 9.47 Å². The van der Waals surface area contributed by atoms with Crippen LogP contribution in [0.3, 0.4) is 0 Å². The molecule has 0 spiro atoms. The molecule has 1 aromatic carbocycles. The van der Waals surface area contributed by atoms with E-state index in [2.05, 4.69) is 21.2 Å². The van der Waals surface area contributed by atoms with Gasteiger partial charge in [0, 0.05) is 18.9 Å². The number of hydrogen-bond acceptors (Lipinski definition) is 3. The normalized spacial score (nSPS) is 11.0. The largest absolute Gasteiger partial charge is 0.380 e. The Labute approximate surface area is 116 Å². The van der Waals surface area contributed by atoms with Crippen LogP contribution in [-0.4, -0.2) is 26.0 Å². The Morgan fingerprint density at radius 1 is 1.28 bits per heavy atom. The Balaban J connectivity index is 2.64. The minimum Gasteiger partial charge on any atom is -0.380 e. The number of hydrogen-bond donors (Lipinski definition) is 1. The summed E-state index contributed by atoms with van der Waals surface area (Å²) in [6.07, 6.45) is -0.289. The van der Waals surface area contributed by atoms with E-state index in [9.17, 15) is 4.39 Å². The molecule has 18 heavy (non-hydrogen) atoms. The van der Waals surface area contributed by atoms with Crippen LogP contribution in [0.2, 0.25) is 0 Å². The topological polar surface area (TPSA) is 30.5 Å². The molecule has 0 saturated heterocycles. The van der Waals surface area contributed by atoms with Crippen LogP contribution in [-0.2, 0) is 9.47 Å². The van der Waals surface area contributed by atoms with Crippen LogP contribution < -0.4 is 5.32 Å². The molecular weight excluding hydrogens is 301 g/mol. The van der Waals surface area contributed by atoms with Crippen molar-refractivity contribution in [3.05, 3.63) is 28.0 Å². The number of ether oxygens (including phenoxy) is 2. The Morgan fingerprint density at radius 3 is 2.44 bits per heavy atom. The minimum absolute atomic E-state index is 0.260. The van der Waals surface area contributed by atoms with E-state index in [-0.39, 0.29) is 12.1 Å². The fraction of sp³-hybridized carbons (Fsp3) is 0.538. The highest BCUT2D eigenvalue weighted by atomic mass is 79.9. The average Bonchev–Trinajstić information content (AvgIpc) is 2.32. The fourth-order valence-electron chi connectivity index (χ4n) is 1.57. The van der Waals surface area contributed by atoms with E-state index < -0.39 is 0 Å². The minimum atomic E-state index is -0.289. The Morgan fingerprint density at radius 2 is 1.89 bits per heavy atom. The van der Waals surface area contributed by atoms with E-state index in [1.165, 1.54) is 6.07 Å². The molecule has 0 radical (unpaired) electrons. The van der Waals surface area contributed by atoms with Crippen molar-refractivity contribution < 1.29 is 13.9 Å². The molecule has 0 amide bonds. The predicted octanol–water partition coefficient (Wildman–Crippen LogP) is 3.71. The van der Waals surface area contributed by atoms with E-state index in [1.807, 2.05) is 20.8 Å². The molecule has 102 valence electrons. The van der Waals surface area contributed by atoms with Crippen molar-refractivity contribution in [2.45, 2.75) is 27.1 Å². The maximum Gasteiger partial charge on any atom is 0.174 e. The number of anilines is 1. The maximum atomic E-state index is 13.3. The molecule has 1 N–H and O–H groups in total. The number of halogens is 2. The van der Waals surface area contributed by atoms with Crippen molar-refractivity contribution in [2.24, 2.45) is 0 Å². The molecule has 3 nitrogen and oxygen atoms in total. The number of nitrogens with one attached hydrogen (secondary N) is 1. The van der Waals surface area contributed by atoms with Gasteiger partial charge in [0.1, 0.15) is 5.82 Å². The highest BCUT2D eigenvalue weighted by molar-refractivity contribution is 9.10. The van der Waals surface area contributed by atoms with Crippen molar-refractivity contribution in [3.8, 4) is 0 Å². The highest BCUT2D eigenvalue weighted by Crippen LogP contribution is 2.24. The van der Waals surface area contributed by atoms with Crippen molar-refractivity contribution >= 4 is 21.6 Å². The lowest BCUT2D eigenvalue weighted by atomic mass is 10.2. The zero-order valence-electron chi connectivity index (χ0n) is 10.9. The summed E-state index contributed by atoms with van der Waals surface area (Å²) in [6, 6.07) is 3.21. The molecule has 0 bridgehead atoms. The van der Waals surface area contributed by atoms with Gasteiger partial charge in [0.15, 0.2) is 6.29 Å². The zero-order valence-corrected chi connectivity index (χ0v) is 12.5. The van der Waals surface area contributed by atoms with Crippen LogP contribution in [0.4, 0.5) is 10.1 Å². The second-order valence-electron chi connectivity index (χ2n) is 3.80. The first-order valence-electron chi connectivity index (χ1n) is 6.01. The van der Waals surface area contributed by atoms with E-state index in [1.54, 1.807) is 6.07 Å². The maximum absolute atomic E-state index is 13.3. The third kappa shape index (κ3) is 4.55.